The van der Waals surface area contributed by atoms with Gasteiger partial charge in [-0.05, 0) is 12.1 Å². The van der Waals surface area contributed by atoms with E-state index in [0.717, 1.165) is 18.8 Å². The van der Waals surface area contributed by atoms with E-state index in [2.05, 4.69) is 9.88 Å². The Bertz CT molecular complexity index is 404. The van der Waals surface area contributed by atoms with E-state index >= 15 is 0 Å². The topological polar surface area (TPSA) is 68.7 Å². The third-order valence-corrected chi connectivity index (χ3v) is 2.94. The monoisotopic (exact) mass is 254 g/mol. The molecule has 1 saturated heterocycles. The molecule has 0 spiro atoms. The van der Waals surface area contributed by atoms with Crippen LogP contribution in [-0.2, 0) is 4.79 Å². The van der Waals surface area contributed by atoms with Crippen LogP contribution in [0.3, 0.4) is 0 Å². The largest absolute Gasteiger partial charge is 0.368 e. The molecular formula is C11H15FN4O2. The molecule has 6 nitrogen and oxygen atoms in total. The van der Waals surface area contributed by atoms with E-state index in [4.69, 9.17) is 5.21 Å². The van der Waals surface area contributed by atoms with Crippen molar-refractivity contribution < 1.29 is 14.4 Å². The van der Waals surface area contributed by atoms with Gasteiger partial charge in [0.15, 0.2) is 0 Å². The summed E-state index contributed by atoms with van der Waals surface area (Å²) in [5.41, 5.74) is 2.49. The summed E-state index contributed by atoms with van der Waals surface area (Å²) < 4.78 is 12.7. The lowest BCUT2D eigenvalue weighted by Gasteiger charge is -2.35. The third-order valence-electron chi connectivity index (χ3n) is 2.94. The highest BCUT2D eigenvalue weighted by atomic mass is 19.1. The number of piperazine rings is 1. The first-order chi connectivity index (χ1) is 8.69. The van der Waals surface area contributed by atoms with Crippen LogP contribution < -0.4 is 10.4 Å². The van der Waals surface area contributed by atoms with Crippen LogP contribution in [0.25, 0.3) is 0 Å². The molecule has 0 aromatic carbocycles. The Labute approximate surface area is 104 Å². The number of carbonyl (C=O) groups excluding carboxylic acids is 1. The van der Waals surface area contributed by atoms with Crippen LogP contribution in [0.4, 0.5) is 10.1 Å². The summed E-state index contributed by atoms with van der Waals surface area (Å²) in [5.74, 6) is -0.899. The van der Waals surface area contributed by atoms with Crippen molar-refractivity contribution in [2.24, 2.45) is 0 Å². The molecule has 0 saturated carbocycles. The summed E-state index contributed by atoms with van der Waals surface area (Å²) in [6.07, 6.45) is 1.51. The van der Waals surface area contributed by atoms with Crippen molar-refractivity contribution in [2.45, 2.75) is 0 Å². The molecule has 98 valence electrons. The Balaban J connectivity index is 1.86. The molecule has 1 aromatic rings. The highest BCUT2D eigenvalue weighted by molar-refractivity contribution is 5.76. The molecule has 1 amide bonds. The Kier molecular flexibility index (Phi) is 4.06. The van der Waals surface area contributed by atoms with E-state index in [-0.39, 0.29) is 6.54 Å². The zero-order valence-corrected chi connectivity index (χ0v) is 9.84. The average Bonchev–Trinajstić information content (AvgIpc) is 2.40. The molecule has 1 aliphatic heterocycles. The van der Waals surface area contributed by atoms with Gasteiger partial charge in [0.2, 0.25) is 5.95 Å². The standard InChI is InChI=1S/C11H15FN4O2/c12-10-2-1-9(7-13-10)16-5-3-15(4-6-16)8-11(17)14-18/h1-2,7,18H,3-6,8H2,(H,14,17). The van der Waals surface area contributed by atoms with Gasteiger partial charge in [-0.15, -0.1) is 0 Å². The maximum Gasteiger partial charge on any atom is 0.257 e. The van der Waals surface area contributed by atoms with Crippen molar-refractivity contribution >= 4 is 11.6 Å². The molecular weight excluding hydrogens is 239 g/mol. The van der Waals surface area contributed by atoms with E-state index in [1.165, 1.54) is 12.3 Å². The predicted molar refractivity (Wildman–Crippen MR) is 62.8 cm³/mol. The number of pyridine rings is 1. The fourth-order valence-electron chi connectivity index (χ4n) is 1.96. The lowest BCUT2D eigenvalue weighted by Crippen LogP contribution is -2.49. The Morgan fingerprint density at radius 1 is 1.39 bits per heavy atom. The number of rotatable bonds is 3. The zero-order valence-electron chi connectivity index (χ0n) is 9.84. The van der Waals surface area contributed by atoms with Gasteiger partial charge in [-0.2, -0.15) is 4.39 Å². The number of hydrogen-bond acceptors (Lipinski definition) is 5. The SMILES string of the molecule is O=C(CN1CCN(c2ccc(F)nc2)CC1)NO. The Morgan fingerprint density at radius 2 is 2.11 bits per heavy atom. The lowest BCUT2D eigenvalue weighted by atomic mass is 10.2. The summed E-state index contributed by atoms with van der Waals surface area (Å²) in [6.45, 7) is 3.10. The molecule has 0 aliphatic carbocycles. The summed E-state index contributed by atoms with van der Waals surface area (Å²) in [5, 5.41) is 8.44. The average molecular weight is 254 g/mol. The number of hydrogen-bond donors (Lipinski definition) is 2. The van der Waals surface area contributed by atoms with Crippen molar-refractivity contribution in [3.8, 4) is 0 Å². The van der Waals surface area contributed by atoms with Gasteiger partial charge in [-0.25, -0.2) is 10.5 Å². The molecule has 1 aromatic heterocycles. The number of aromatic nitrogens is 1. The molecule has 0 atom stereocenters. The maximum absolute atomic E-state index is 12.7. The summed E-state index contributed by atoms with van der Waals surface area (Å²) in [7, 11) is 0. The predicted octanol–water partition coefficient (Wildman–Crippen LogP) is -0.152. The Hall–Kier alpha value is -1.73. The van der Waals surface area contributed by atoms with Crippen molar-refractivity contribution in [1.82, 2.24) is 15.4 Å². The number of nitrogens with one attached hydrogen (secondary N) is 1. The molecule has 7 heteroatoms. The van der Waals surface area contributed by atoms with Gasteiger partial charge in [0.1, 0.15) is 0 Å². The lowest BCUT2D eigenvalue weighted by molar-refractivity contribution is -0.130. The second-order valence-electron chi connectivity index (χ2n) is 4.14. The molecule has 18 heavy (non-hydrogen) atoms. The van der Waals surface area contributed by atoms with Gasteiger partial charge in [-0.3, -0.25) is 14.9 Å². The number of anilines is 1. The van der Waals surface area contributed by atoms with Gasteiger partial charge in [-0.1, -0.05) is 0 Å². The maximum atomic E-state index is 12.7. The van der Waals surface area contributed by atoms with E-state index < -0.39 is 11.9 Å². The van der Waals surface area contributed by atoms with Crippen LogP contribution in [-0.4, -0.2) is 53.7 Å². The minimum absolute atomic E-state index is 0.187. The molecule has 2 heterocycles. The zero-order chi connectivity index (χ0) is 13.0. The first-order valence-corrected chi connectivity index (χ1v) is 5.71. The molecule has 0 bridgehead atoms. The van der Waals surface area contributed by atoms with Gasteiger partial charge in [0.05, 0.1) is 18.4 Å². The van der Waals surface area contributed by atoms with Crippen LogP contribution in [0.15, 0.2) is 18.3 Å². The van der Waals surface area contributed by atoms with Crippen molar-refractivity contribution in [2.75, 3.05) is 37.6 Å². The normalized spacial score (nSPS) is 16.7. The van der Waals surface area contributed by atoms with Crippen molar-refractivity contribution in [1.29, 1.82) is 0 Å². The van der Waals surface area contributed by atoms with E-state index in [1.54, 1.807) is 11.5 Å². The van der Waals surface area contributed by atoms with E-state index in [9.17, 15) is 9.18 Å². The minimum atomic E-state index is -0.489. The molecule has 1 fully saturated rings. The van der Waals surface area contributed by atoms with Crippen LogP contribution in [0.2, 0.25) is 0 Å². The van der Waals surface area contributed by atoms with Gasteiger partial charge in [0, 0.05) is 26.2 Å². The number of nitrogens with zero attached hydrogens (tertiary/aromatic N) is 3. The third kappa shape index (κ3) is 3.14. The second-order valence-corrected chi connectivity index (χ2v) is 4.14. The highest BCUT2D eigenvalue weighted by Gasteiger charge is 2.19. The van der Waals surface area contributed by atoms with Gasteiger partial charge < -0.3 is 4.90 Å². The minimum Gasteiger partial charge on any atom is -0.368 e. The number of carbonyl (C=O) groups is 1. The summed E-state index contributed by atoms with van der Waals surface area (Å²) >= 11 is 0. The summed E-state index contributed by atoms with van der Waals surface area (Å²) in [6, 6.07) is 3.03. The van der Waals surface area contributed by atoms with Crippen LogP contribution >= 0.6 is 0 Å². The molecule has 2 rings (SSSR count). The van der Waals surface area contributed by atoms with E-state index in [1.807, 2.05) is 4.90 Å². The fraction of sp³-hybridized carbons (Fsp3) is 0.455. The Morgan fingerprint density at radius 3 is 2.67 bits per heavy atom. The first-order valence-electron chi connectivity index (χ1n) is 5.71. The smallest absolute Gasteiger partial charge is 0.257 e. The summed E-state index contributed by atoms with van der Waals surface area (Å²) in [4.78, 5) is 18.6. The number of amides is 1. The molecule has 2 N–H and O–H groups in total. The fourth-order valence-corrected chi connectivity index (χ4v) is 1.96. The molecule has 0 radical (unpaired) electrons. The van der Waals surface area contributed by atoms with Crippen LogP contribution in [0.1, 0.15) is 0 Å². The van der Waals surface area contributed by atoms with E-state index in [0.29, 0.717) is 13.1 Å². The van der Waals surface area contributed by atoms with Gasteiger partial charge in [0.25, 0.3) is 5.91 Å². The van der Waals surface area contributed by atoms with Gasteiger partial charge >= 0.3 is 0 Å². The van der Waals surface area contributed by atoms with Crippen LogP contribution in [0.5, 0.6) is 0 Å². The second kappa shape index (κ2) is 5.74. The first kappa shape index (κ1) is 12.7. The number of hydroxylamine groups is 1. The van der Waals surface area contributed by atoms with Crippen molar-refractivity contribution in [3.05, 3.63) is 24.3 Å². The van der Waals surface area contributed by atoms with Crippen LogP contribution in [0, 0.1) is 5.95 Å². The number of halogens is 1. The molecule has 1 aliphatic rings. The van der Waals surface area contributed by atoms with Crippen molar-refractivity contribution in [3.63, 3.8) is 0 Å². The molecule has 0 unspecified atom stereocenters. The highest BCUT2D eigenvalue weighted by Crippen LogP contribution is 2.14. The quantitative estimate of drug-likeness (QED) is 0.446.